The first-order valence-corrected chi connectivity index (χ1v) is 7.39. The van der Waals surface area contributed by atoms with Crippen LogP contribution in [0, 0.1) is 11.3 Å². The van der Waals surface area contributed by atoms with Crippen LogP contribution in [0.4, 0.5) is 16.2 Å². The summed E-state index contributed by atoms with van der Waals surface area (Å²) in [6.45, 7) is 0.275. The fourth-order valence-electron chi connectivity index (χ4n) is 2.42. The number of carbonyl (C=O) groups is 3. The van der Waals surface area contributed by atoms with Gasteiger partial charge in [-0.3, -0.25) is 9.59 Å². The van der Waals surface area contributed by atoms with Crippen molar-refractivity contribution < 1.29 is 19.1 Å². The third kappa shape index (κ3) is 3.81. The third-order valence-electron chi connectivity index (χ3n) is 3.66. The Labute approximate surface area is 139 Å². The van der Waals surface area contributed by atoms with Gasteiger partial charge < -0.3 is 19.9 Å². The summed E-state index contributed by atoms with van der Waals surface area (Å²) in [6.07, 6.45) is 0.143. The summed E-state index contributed by atoms with van der Waals surface area (Å²) in [7, 11) is 2.87. The molecular formula is C16H18N4O4. The molecule has 0 saturated heterocycles. The number of amides is 3. The number of rotatable bonds is 4. The molecule has 0 unspecified atom stereocenters. The zero-order valence-corrected chi connectivity index (χ0v) is 13.5. The maximum atomic E-state index is 12.5. The number of nitrogens with one attached hydrogen (secondary N) is 1. The molecule has 3 amide bonds. The van der Waals surface area contributed by atoms with Crippen LogP contribution in [0.5, 0.6) is 0 Å². The highest BCUT2D eigenvalue weighted by Gasteiger charge is 2.27. The minimum Gasteiger partial charge on any atom is -0.453 e. The van der Waals surface area contributed by atoms with Crippen LogP contribution in [-0.4, -0.2) is 50.1 Å². The molecular weight excluding hydrogens is 312 g/mol. The Balaban J connectivity index is 2.06. The van der Waals surface area contributed by atoms with E-state index in [9.17, 15) is 14.4 Å². The zero-order chi connectivity index (χ0) is 17.7. The zero-order valence-electron chi connectivity index (χ0n) is 13.5. The molecule has 1 aromatic carbocycles. The van der Waals surface area contributed by atoms with Gasteiger partial charge in [-0.15, -0.1) is 0 Å². The van der Waals surface area contributed by atoms with Crippen molar-refractivity contribution in [3.8, 4) is 6.07 Å². The van der Waals surface area contributed by atoms with Crippen LogP contribution in [0.15, 0.2) is 18.2 Å². The molecule has 1 aromatic rings. The van der Waals surface area contributed by atoms with Gasteiger partial charge in [0, 0.05) is 20.0 Å². The van der Waals surface area contributed by atoms with E-state index < -0.39 is 6.09 Å². The summed E-state index contributed by atoms with van der Waals surface area (Å²) < 4.78 is 4.58. The first-order chi connectivity index (χ1) is 11.5. The standard InChI is InChI=1S/C16H18N4O4/c1-19(16(23)24-2)7-3-4-15(22)20-10-14(21)18-12-6-5-11(9-17)8-13(12)20/h5-6,8H,3-4,7,10H2,1-2H3,(H,18,21). The van der Waals surface area contributed by atoms with Gasteiger partial charge in [-0.25, -0.2) is 4.79 Å². The number of anilines is 2. The van der Waals surface area contributed by atoms with Crippen molar-refractivity contribution in [2.75, 3.05) is 37.5 Å². The lowest BCUT2D eigenvalue weighted by molar-refractivity contribution is -0.122. The van der Waals surface area contributed by atoms with Crippen LogP contribution < -0.4 is 10.2 Å². The van der Waals surface area contributed by atoms with Crippen LogP contribution in [-0.2, 0) is 14.3 Å². The normalized spacial score (nSPS) is 12.7. The smallest absolute Gasteiger partial charge is 0.409 e. The van der Waals surface area contributed by atoms with Crippen LogP contribution in [0.25, 0.3) is 0 Å². The Morgan fingerprint density at radius 2 is 2.21 bits per heavy atom. The molecule has 0 aliphatic carbocycles. The van der Waals surface area contributed by atoms with Gasteiger partial charge >= 0.3 is 6.09 Å². The summed E-state index contributed by atoms with van der Waals surface area (Å²) in [5.41, 5.74) is 1.43. The molecule has 2 rings (SSSR count). The van der Waals surface area contributed by atoms with Gasteiger partial charge in [-0.1, -0.05) is 0 Å². The summed E-state index contributed by atoms with van der Waals surface area (Å²) in [4.78, 5) is 38.3. The van der Waals surface area contributed by atoms with Crippen molar-refractivity contribution in [1.82, 2.24) is 4.90 Å². The number of hydrogen-bond donors (Lipinski definition) is 1. The molecule has 8 nitrogen and oxygen atoms in total. The molecule has 0 bridgehead atoms. The van der Waals surface area contributed by atoms with Gasteiger partial charge in [-0.2, -0.15) is 5.26 Å². The molecule has 24 heavy (non-hydrogen) atoms. The minimum absolute atomic E-state index is 0.0897. The maximum absolute atomic E-state index is 12.5. The number of hydrogen-bond acceptors (Lipinski definition) is 5. The van der Waals surface area contributed by atoms with E-state index in [0.717, 1.165) is 0 Å². The number of ether oxygens (including phenoxy) is 1. The number of carbonyl (C=O) groups excluding carboxylic acids is 3. The van der Waals surface area contributed by atoms with E-state index in [1.165, 1.54) is 16.9 Å². The van der Waals surface area contributed by atoms with Gasteiger partial charge in [0.25, 0.3) is 0 Å². The van der Waals surface area contributed by atoms with E-state index in [-0.39, 0.29) is 24.8 Å². The SMILES string of the molecule is COC(=O)N(C)CCCC(=O)N1CC(=O)Nc2ccc(C#N)cc21. The quantitative estimate of drug-likeness (QED) is 0.897. The van der Waals surface area contributed by atoms with Crippen molar-refractivity contribution in [3.63, 3.8) is 0 Å². The summed E-state index contributed by atoms with van der Waals surface area (Å²) >= 11 is 0. The second-order valence-corrected chi connectivity index (χ2v) is 5.37. The van der Waals surface area contributed by atoms with Gasteiger partial charge in [0.05, 0.1) is 30.1 Å². The van der Waals surface area contributed by atoms with Crippen molar-refractivity contribution in [2.45, 2.75) is 12.8 Å². The lowest BCUT2D eigenvalue weighted by atomic mass is 10.1. The molecule has 1 aliphatic rings. The molecule has 8 heteroatoms. The molecule has 1 heterocycles. The highest BCUT2D eigenvalue weighted by atomic mass is 16.5. The Kier molecular flexibility index (Phi) is 5.37. The number of methoxy groups -OCH3 is 1. The number of nitriles is 1. The average molecular weight is 330 g/mol. The fraction of sp³-hybridized carbons (Fsp3) is 0.375. The van der Waals surface area contributed by atoms with Crippen LogP contribution in [0.2, 0.25) is 0 Å². The van der Waals surface area contributed by atoms with Crippen LogP contribution in [0.1, 0.15) is 18.4 Å². The van der Waals surface area contributed by atoms with Gasteiger partial charge in [0.1, 0.15) is 6.54 Å². The first kappa shape index (κ1) is 17.3. The second kappa shape index (κ2) is 7.46. The number of nitrogens with zero attached hydrogens (tertiary/aromatic N) is 3. The van der Waals surface area contributed by atoms with E-state index in [2.05, 4.69) is 10.1 Å². The largest absolute Gasteiger partial charge is 0.453 e. The Bertz CT molecular complexity index is 711. The fourth-order valence-corrected chi connectivity index (χ4v) is 2.42. The molecule has 1 N–H and O–H groups in total. The molecule has 0 spiro atoms. The van der Waals surface area contributed by atoms with Crippen molar-refractivity contribution >= 4 is 29.3 Å². The lowest BCUT2D eigenvalue weighted by Crippen LogP contribution is -2.42. The molecule has 0 radical (unpaired) electrons. The van der Waals surface area contributed by atoms with Crippen LogP contribution in [0.3, 0.4) is 0 Å². The lowest BCUT2D eigenvalue weighted by Gasteiger charge is -2.29. The summed E-state index contributed by atoms with van der Waals surface area (Å²) in [6, 6.07) is 6.78. The van der Waals surface area contributed by atoms with Crippen LogP contribution >= 0.6 is 0 Å². The minimum atomic E-state index is -0.469. The molecule has 126 valence electrons. The molecule has 0 saturated carbocycles. The maximum Gasteiger partial charge on any atom is 0.409 e. The van der Waals surface area contributed by atoms with Gasteiger partial charge in [0.2, 0.25) is 11.8 Å². The Morgan fingerprint density at radius 1 is 1.46 bits per heavy atom. The third-order valence-corrected chi connectivity index (χ3v) is 3.66. The van der Waals surface area contributed by atoms with E-state index in [1.807, 2.05) is 6.07 Å². The average Bonchev–Trinajstić information content (AvgIpc) is 2.59. The molecule has 0 aromatic heterocycles. The van der Waals surface area contributed by atoms with E-state index in [4.69, 9.17) is 5.26 Å². The van der Waals surface area contributed by atoms with Crippen molar-refractivity contribution in [2.24, 2.45) is 0 Å². The highest BCUT2D eigenvalue weighted by Crippen LogP contribution is 2.31. The Morgan fingerprint density at radius 3 is 2.88 bits per heavy atom. The van der Waals surface area contributed by atoms with E-state index >= 15 is 0 Å². The monoisotopic (exact) mass is 330 g/mol. The topological polar surface area (TPSA) is 103 Å². The summed E-state index contributed by atoms with van der Waals surface area (Å²) in [5.74, 6) is -0.522. The second-order valence-electron chi connectivity index (χ2n) is 5.37. The van der Waals surface area contributed by atoms with Gasteiger partial charge in [-0.05, 0) is 24.6 Å². The number of benzene rings is 1. The van der Waals surface area contributed by atoms with Crippen molar-refractivity contribution in [1.29, 1.82) is 5.26 Å². The predicted molar refractivity (Wildman–Crippen MR) is 86.4 cm³/mol. The highest BCUT2D eigenvalue weighted by molar-refractivity contribution is 6.10. The van der Waals surface area contributed by atoms with E-state index in [0.29, 0.717) is 29.9 Å². The molecule has 1 aliphatic heterocycles. The number of fused-ring (bicyclic) bond motifs is 1. The van der Waals surface area contributed by atoms with Crippen molar-refractivity contribution in [3.05, 3.63) is 23.8 Å². The predicted octanol–water partition coefficient (Wildman–Crippen LogP) is 1.32. The summed E-state index contributed by atoms with van der Waals surface area (Å²) in [5, 5.41) is 11.7. The van der Waals surface area contributed by atoms with Gasteiger partial charge in [0.15, 0.2) is 0 Å². The molecule has 0 fully saturated rings. The van der Waals surface area contributed by atoms with E-state index in [1.54, 1.807) is 25.2 Å². The first-order valence-electron chi connectivity index (χ1n) is 7.39. The Hall–Kier alpha value is -3.08. The molecule has 0 atom stereocenters.